The lowest BCUT2D eigenvalue weighted by Crippen LogP contribution is -2.50. The van der Waals surface area contributed by atoms with Crippen LogP contribution in [-0.2, 0) is 22.6 Å². The van der Waals surface area contributed by atoms with Crippen molar-refractivity contribution in [3.05, 3.63) is 52.5 Å². The number of amides is 1. The van der Waals surface area contributed by atoms with Gasteiger partial charge < -0.3 is 14.5 Å². The maximum absolute atomic E-state index is 12.5. The Bertz CT molecular complexity index is 949. The van der Waals surface area contributed by atoms with E-state index in [2.05, 4.69) is 49.9 Å². The molecule has 1 atom stereocenters. The van der Waals surface area contributed by atoms with Crippen molar-refractivity contribution in [3.63, 3.8) is 0 Å². The van der Waals surface area contributed by atoms with E-state index in [4.69, 9.17) is 14.7 Å². The number of benzene rings is 1. The summed E-state index contributed by atoms with van der Waals surface area (Å²) in [5, 5.41) is 0. The molecule has 2 aromatic rings. The largest absolute Gasteiger partial charge is 0.378 e. The van der Waals surface area contributed by atoms with E-state index in [1.54, 1.807) is 7.11 Å². The van der Waals surface area contributed by atoms with Gasteiger partial charge in [0.15, 0.2) is 0 Å². The number of aryl methyl sites for hydroxylation is 1. The van der Waals surface area contributed by atoms with Crippen molar-refractivity contribution >= 4 is 11.7 Å². The number of anilines is 1. The number of hydrogen-bond acceptors (Lipinski definition) is 5. The molecule has 1 amide bonds. The molecule has 0 N–H and O–H groups in total. The molecule has 32 heavy (non-hydrogen) atoms. The van der Waals surface area contributed by atoms with E-state index >= 15 is 0 Å². The average molecular weight is 437 g/mol. The van der Waals surface area contributed by atoms with Gasteiger partial charge in [-0.2, -0.15) is 0 Å². The molecule has 172 valence electrons. The van der Waals surface area contributed by atoms with Gasteiger partial charge in [0.1, 0.15) is 11.6 Å². The highest BCUT2D eigenvalue weighted by Gasteiger charge is 2.35. The molecular weight excluding hydrogens is 400 g/mol. The van der Waals surface area contributed by atoms with Crippen LogP contribution in [0.1, 0.15) is 67.2 Å². The molecule has 1 aromatic carbocycles. The van der Waals surface area contributed by atoms with E-state index in [1.165, 1.54) is 11.1 Å². The fourth-order valence-electron chi connectivity index (χ4n) is 4.39. The number of carbonyl (C=O) groups excluding carboxylic acids is 1. The van der Waals surface area contributed by atoms with Crippen LogP contribution < -0.4 is 4.90 Å². The highest BCUT2D eigenvalue weighted by atomic mass is 16.5. The van der Waals surface area contributed by atoms with E-state index in [9.17, 15) is 4.79 Å². The van der Waals surface area contributed by atoms with E-state index in [0.717, 1.165) is 74.8 Å². The Morgan fingerprint density at radius 2 is 1.94 bits per heavy atom. The predicted octanol–water partition coefficient (Wildman–Crippen LogP) is 4.09. The first-order valence-corrected chi connectivity index (χ1v) is 12.0. The molecule has 1 aromatic heterocycles. The number of carbonyl (C=O) groups is 1. The van der Waals surface area contributed by atoms with Gasteiger partial charge in [-0.05, 0) is 31.7 Å². The van der Waals surface area contributed by atoms with Crippen molar-refractivity contribution in [3.8, 4) is 0 Å². The summed E-state index contributed by atoms with van der Waals surface area (Å²) in [6, 6.07) is 8.63. The highest BCUT2D eigenvalue weighted by molar-refractivity contribution is 5.81. The maximum atomic E-state index is 12.5. The van der Waals surface area contributed by atoms with Gasteiger partial charge in [-0.1, -0.05) is 43.7 Å². The van der Waals surface area contributed by atoms with Gasteiger partial charge in [-0.25, -0.2) is 9.97 Å². The van der Waals surface area contributed by atoms with Crippen molar-refractivity contribution in [1.29, 1.82) is 0 Å². The molecule has 0 radical (unpaired) electrons. The first kappa shape index (κ1) is 22.7. The highest BCUT2D eigenvalue weighted by Crippen LogP contribution is 2.32. The molecule has 4 rings (SSSR count). The number of nitrogens with zero attached hydrogens (tertiary/aromatic N) is 4. The minimum Gasteiger partial charge on any atom is -0.378 e. The van der Waals surface area contributed by atoms with Gasteiger partial charge in [0, 0.05) is 57.1 Å². The van der Waals surface area contributed by atoms with Crippen LogP contribution in [0.4, 0.5) is 5.82 Å². The fourth-order valence-corrected chi connectivity index (χ4v) is 4.39. The molecule has 2 fully saturated rings. The molecular formula is C26H36N4O2. The average Bonchev–Trinajstić information content (AvgIpc) is 3.65. The van der Waals surface area contributed by atoms with Crippen molar-refractivity contribution in [2.24, 2.45) is 5.92 Å². The normalized spacial score (nSPS) is 17.5. The summed E-state index contributed by atoms with van der Waals surface area (Å²) in [6.07, 6.45) is 3.89. The molecule has 0 bridgehead atoms. The molecule has 0 spiro atoms. The molecule has 1 aliphatic heterocycles. The Balaban J connectivity index is 1.67. The third-order valence-corrected chi connectivity index (χ3v) is 6.70. The van der Waals surface area contributed by atoms with Crippen LogP contribution in [0.15, 0.2) is 24.3 Å². The Morgan fingerprint density at radius 1 is 1.19 bits per heavy atom. The second-order valence-electron chi connectivity index (χ2n) is 9.33. The number of piperazine rings is 1. The molecule has 6 nitrogen and oxygen atoms in total. The SMILES string of the molecule is CCC(C)c1nc(COC)c(Cc2cccc(C)c2)c(N2CCN(C(=O)C3CC3)CC2)n1. The van der Waals surface area contributed by atoms with Gasteiger partial charge in [0.2, 0.25) is 5.91 Å². The lowest BCUT2D eigenvalue weighted by molar-refractivity contribution is -0.132. The molecule has 1 saturated heterocycles. The summed E-state index contributed by atoms with van der Waals surface area (Å²) >= 11 is 0. The van der Waals surface area contributed by atoms with E-state index < -0.39 is 0 Å². The minimum absolute atomic E-state index is 0.280. The van der Waals surface area contributed by atoms with E-state index in [-0.39, 0.29) is 11.8 Å². The van der Waals surface area contributed by atoms with Crippen molar-refractivity contribution in [2.75, 3.05) is 38.2 Å². The molecule has 1 saturated carbocycles. The van der Waals surface area contributed by atoms with Gasteiger partial charge >= 0.3 is 0 Å². The zero-order valence-electron chi connectivity index (χ0n) is 19.9. The first-order valence-electron chi connectivity index (χ1n) is 12.0. The van der Waals surface area contributed by atoms with Crippen LogP contribution >= 0.6 is 0 Å². The second kappa shape index (κ2) is 9.99. The summed E-state index contributed by atoms with van der Waals surface area (Å²) in [6.45, 7) is 10.1. The Morgan fingerprint density at radius 3 is 2.56 bits per heavy atom. The minimum atomic E-state index is 0.280. The quantitative estimate of drug-likeness (QED) is 0.624. The zero-order valence-corrected chi connectivity index (χ0v) is 19.9. The van der Waals surface area contributed by atoms with Crippen LogP contribution in [0.25, 0.3) is 0 Å². The third-order valence-electron chi connectivity index (χ3n) is 6.70. The molecule has 1 unspecified atom stereocenters. The van der Waals surface area contributed by atoms with Crippen molar-refractivity contribution in [1.82, 2.24) is 14.9 Å². The molecule has 2 heterocycles. The van der Waals surface area contributed by atoms with Gasteiger partial charge in [0.05, 0.1) is 12.3 Å². The number of methoxy groups -OCH3 is 1. The van der Waals surface area contributed by atoms with Gasteiger partial charge in [-0.3, -0.25) is 4.79 Å². The van der Waals surface area contributed by atoms with Gasteiger partial charge in [0.25, 0.3) is 0 Å². The summed E-state index contributed by atoms with van der Waals surface area (Å²) in [5.74, 6) is 2.81. The van der Waals surface area contributed by atoms with Crippen LogP contribution in [0, 0.1) is 12.8 Å². The number of hydrogen-bond donors (Lipinski definition) is 0. The van der Waals surface area contributed by atoms with Crippen molar-refractivity contribution in [2.45, 2.75) is 59.0 Å². The number of ether oxygens (including phenoxy) is 1. The maximum Gasteiger partial charge on any atom is 0.225 e. The summed E-state index contributed by atoms with van der Waals surface area (Å²) in [4.78, 5) is 27.0. The standard InChI is InChI=1S/C26H36N4O2/c1-5-19(3)24-27-23(17-32-4)22(16-20-8-6-7-18(2)15-20)25(28-24)29-11-13-30(14-12-29)26(31)21-9-10-21/h6-8,15,19,21H,5,9-14,16-17H2,1-4H3. The number of aromatic nitrogens is 2. The van der Waals surface area contributed by atoms with Crippen LogP contribution in [-0.4, -0.2) is 54.1 Å². The monoisotopic (exact) mass is 436 g/mol. The van der Waals surface area contributed by atoms with Crippen molar-refractivity contribution < 1.29 is 9.53 Å². The van der Waals surface area contributed by atoms with Crippen LogP contribution in [0.5, 0.6) is 0 Å². The summed E-state index contributed by atoms with van der Waals surface area (Å²) < 4.78 is 5.56. The van der Waals surface area contributed by atoms with Crippen LogP contribution in [0.3, 0.4) is 0 Å². The van der Waals surface area contributed by atoms with Crippen LogP contribution in [0.2, 0.25) is 0 Å². The first-order chi connectivity index (χ1) is 15.5. The third kappa shape index (κ3) is 5.12. The lowest BCUT2D eigenvalue weighted by atomic mass is 10.0. The Hall–Kier alpha value is -2.47. The fraction of sp³-hybridized carbons (Fsp3) is 0.577. The molecule has 1 aliphatic carbocycles. The van der Waals surface area contributed by atoms with E-state index in [0.29, 0.717) is 12.5 Å². The zero-order chi connectivity index (χ0) is 22.7. The Labute approximate surface area is 192 Å². The van der Waals surface area contributed by atoms with Gasteiger partial charge in [-0.15, -0.1) is 0 Å². The second-order valence-corrected chi connectivity index (χ2v) is 9.33. The summed E-state index contributed by atoms with van der Waals surface area (Å²) in [5.41, 5.74) is 4.63. The topological polar surface area (TPSA) is 58.6 Å². The lowest BCUT2D eigenvalue weighted by Gasteiger charge is -2.37. The predicted molar refractivity (Wildman–Crippen MR) is 127 cm³/mol. The molecule has 2 aliphatic rings. The smallest absolute Gasteiger partial charge is 0.225 e. The number of rotatable bonds is 8. The molecule has 6 heteroatoms. The van der Waals surface area contributed by atoms with E-state index in [1.807, 2.05) is 4.90 Å². The Kier molecular flexibility index (Phi) is 7.09. The summed E-state index contributed by atoms with van der Waals surface area (Å²) in [7, 11) is 1.73.